The second-order valence-corrected chi connectivity index (χ2v) is 7.42. The summed E-state index contributed by atoms with van der Waals surface area (Å²) in [7, 11) is 0. The van der Waals surface area contributed by atoms with Gasteiger partial charge in [0.1, 0.15) is 5.69 Å². The number of pyridine rings is 1. The number of hydrogen-bond donors (Lipinski definition) is 3. The lowest BCUT2D eigenvalue weighted by atomic mass is 10.1. The van der Waals surface area contributed by atoms with E-state index in [1.807, 2.05) is 56.3 Å². The molecule has 3 aromatic heterocycles. The predicted octanol–water partition coefficient (Wildman–Crippen LogP) is 4.30. The van der Waals surface area contributed by atoms with Gasteiger partial charge in [-0.25, -0.2) is 4.98 Å². The van der Waals surface area contributed by atoms with Crippen LogP contribution in [0.1, 0.15) is 34.7 Å². The highest BCUT2D eigenvalue weighted by atomic mass is 16.2. The number of rotatable bonds is 4. The van der Waals surface area contributed by atoms with Gasteiger partial charge in [-0.15, -0.1) is 0 Å². The number of H-pyrrole nitrogens is 2. The van der Waals surface area contributed by atoms with E-state index in [9.17, 15) is 4.79 Å². The topological polar surface area (TPSA) is 99.3 Å². The molecule has 148 valence electrons. The third-order valence-electron chi connectivity index (χ3n) is 5.22. The SMILES string of the molecule is Cc1cccc([C@@H](C)NC(=O)c2nc3cc4c(-c5ccncc5)n[nH]c4cc3[nH]2)c1. The number of aromatic amines is 2. The van der Waals surface area contributed by atoms with Crippen LogP contribution in [0.5, 0.6) is 0 Å². The Balaban J connectivity index is 1.46. The van der Waals surface area contributed by atoms with E-state index in [-0.39, 0.29) is 17.8 Å². The number of aromatic nitrogens is 5. The fourth-order valence-corrected chi connectivity index (χ4v) is 3.65. The van der Waals surface area contributed by atoms with Gasteiger partial charge in [-0.1, -0.05) is 29.8 Å². The fraction of sp³-hybridized carbons (Fsp3) is 0.130. The predicted molar refractivity (Wildman–Crippen MR) is 116 cm³/mol. The molecule has 0 fully saturated rings. The zero-order valence-electron chi connectivity index (χ0n) is 16.6. The lowest BCUT2D eigenvalue weighted by Crippen LogP contribution is -2.27. The molecule has 3 N–H and O–H groups in total. The number of carbonyl (C=O) groups is 1. The Morgan fingerprint density at radius 3 is 2.70 bits per heavy atom. The molecule has 2 aromatic carbocycles. The molecule has 5 aromatic rings. The monoisotopic (exact) mass is 396 g/mol. The number of nitrogens with zero attached hydrogens (tertiary/aromatic N) is 3. The highest BCUT2D eigenvalue weighted by Gasteiger charge is 2.17. The maximum absolute atomic E-state index is 12.8. The second-order valence-electron chi connectivity index (χ2n) is 7.42. The maximum atomic E-state index is 12.8. The van der Waals surface area contributed by atoms with Crippen LogP contribution in [-0.4, -0.2) is 31.1 Å². The van der Waals surface area contributed by atoms with Gasteiger partial charge in [0, 0.05) is 23.3 Å². The van der Waals surface area contributed by atoms with Crippen molar-refractivity contribution in [1.29, 1.82) is 0 Å². The van der Waals surface area contributed by atoms with Crippen LogP contribution in [0.4, 0.5) is 0 Å². The van der Waals surface area contributed by atoms with E-state index in [2.05, 4.69) is 36.5 Å². The van der Waals surface area contributed by atoms with E-state index in [1.54, 1.807) is 12.4 Å². The summed E-state index contributed by atoms with van der Waals surface area (Å²) < 4.78 is 0. The Kier molecular flexibility index (Phi) is 4.28. The average molecular weight is 396 g/mol. The number of fused-ring (bicyclic) bond motifs is 2. The van der Waals surface area contributed by atoms with Crippen LogP contribution in [0.25, 0.3) is 33.2 Å². The largest absolute Gasteiger partial charge is 0.343 e. The zero-order chi connectivity index (χ0) is 20.7. The molecular formula is C23H20N6O. The molecule has 30 heavy (non-hydrogen) atoms. The van der Waals surface area contributed by atoms with Crippen molar-refractivity contribution in [2.45, 2.75) is 19.9 Å². The maximum Gasteiger partial charge on any atom is 0.287 e. The quantitative estimate of drug-likeness (QED) is 0.422. The van der Waals surface area contributed by atoms with Crippen LogP contribution in [0.15, 0.2) is 60.9 Å². The molecule has 7 nitrogen and oxygen atoms in total. The molecule has 0 unspecified atom stereocenters. The van der Waals surface area contributed by atoms with E-state index >= 15 is 0 Å². The van der Waals surface area contributed by atoms with Crippen molar-refractivity contribution in [3.8, 4) is 11.3 Å². The summed E-state index contributed by atoms with van der Waals surface area (Å²) in [6, 6.07) is 15.7. The molecule has 7 heteroatoms. The van der Waals surface area contributed by atoms with Crippen molar-refractivity contribution < 1.29 is 4.79 Å². The molecule has 3 heterocycles. The molecule has 0 radical (unpaired) electrons. The highest BCUT2D eigenvalue weighted by Crippen LogP contribution is 2.29. The molecule has 0 aliphatic carbocycles. The second kappa shape index (κ2) is 7.11. The van der Waals surface area contributed by atoms with Crippen molar-refractivity contribution in [3.05, 3.63) is 77.9 Å². The van der Waals surface area contributed by atoms with Crippen molar-refractivity contribution in [2.75, 3.05) is 0 Å². The lowest BCUT2D eigenvalue weighted by molar-refractivity contribution is 0.0930. The summed E-state index contributed by atoms with van der Waals surface area (Å²) in [4.78, 5) is 24.5. The number of nitrogens with one attached hydrogen (secondary N) is 3. The minimum Gasteiger partial charge on any atom is -0.343 e. The van der Waals surface area contributed by atoms with Crippen LogP contribution >= 0.6 is 0 Å². The van der Waals surface area contributed by atoms with Crippen LogP contribution in [-0.2, 0) is 0 Å². The van der Waals surface area contributed by atoms with E-state index in [1.165, 1.54) is 0 Å². The van der Waals surface area contributed by atoms with Gasteiger partial charge in [-0.3, -0.25) is 14.9 Å². The minimum atomic E-state index is -0.239. The van der Waals surface area contributed by atoms with Crippen molar-refractivity contribution in [1.82, 2.24) is 30.5 Å². The lowest BCUT2D eigenvalue weighted by Gasteiger charge is -2.13. The van der Waals surface area contributed by atoms with Gasteiger partial charge in [0.25, 0.3) is 5.91 Å². The molecule has 0 aliphatic rings. The fourth-order valence-electron chi connectivity index (χ4n) is 3.65. The number of carbonyl (C=O) groups excluding carboxylic acids is 1. The van der Waals surface area contributed by atoms with E-state index in [4.69, 9.17) is 0 Å². The van der Waals surface area contributed by atoms with Crippen molar-refractivity contribution in [2.24, 2.45) is 0 Å². The van der Waals surface area contributed by atoms with Gasteiger partial charge in [0.15, 0.2) is 5.82 Å². The number of imidazole rings is 1. The molecule has 0 aliphatic heterocycles. The molecule has 0 saturated heterocycles. The van der Waals surface area contributed by atoms with Gasteiger partial charge in [-0.05, 0) is 43.7 Å². The van der Waals surface area contributed by atoms with E-state index < -0.39 is 0 Å². The molecule has 1 amide bonds. The van der Waals surface area contributed by atoms with E-state index in [0.717, 1.165) is 38.8 Å². The summed E-state index contributed by atoms with van der Waals surface area (Å²) >= 11 is 0. The summed E-state index contributed by atoms with van der Waals surface area (Å²) in [6.07, 6.45) is 3.47. The molecular weight excluding hydrogens is 376 g/mol. The third-order valence-corrected chi connectivity index (χ3v) is 5.22. The van der Waals surface area contributed by atoms with Crippen LogP contribution in [0.2, 0.25) is 0 Å². The van der Waals surface area contributed by atoms with Gasteiger partial charge in [-0.2, -0.15) is 5.10 Å². The molecule has 0 bridgehead atoms. The Bertz CT molecular complexity index is 1370. The first-order chi connectivity index (χ1) is 14.6. The normalized spacial score (nSPS) is 12.3. The standard InChI is InChI=1S/C23H20N6O/c1-13-4-3-5-16(10-13)14(2)25-23(30)22-26-19-11-17-18(12-20(19)27-22)28-29-21(17)15-6-8-24-9-7-15/h3-12,14H,1-2H3,(H,25,30)(H,26,27)(H,28,29)/t14-/m1/s1. The number of benzene rings is 2. The summed E-state index contributed by atoms with van der Waals surface area (Å²) in [5.41, 5.74) is 6.38. The first-order valence-corrected chi connectivity index (χ1v) is 9.74. The Morgan fingerprint density at radius 2 is 1.90 bits per heavy atom. The van der Waals surface area contributed by atoms with Crippen LogP contribution < -0.4 is 5.32 Å². The minimum absolute atomic E-state index is 0.122. The van der Waals surface area contributed by atoms with Gasteiger partial charge >= 0.3 is 0 Å². The first-order valence-electron chi connectivity index (χ1n) is 9.74. The summed E-state index contributed by atoms with van der Waals surface area (Å²) in [5, 5.41) is 11.4. The first kappa shape index (κ1) is 18.1. The highest BCUT2D eigenvalue weighted by molar-refractivity contribution is 6.02. The Hall–Kier alpha value is -4.00. The van der Waals surface area contributed by atoms with E-state index in [0.29, 0.717) is 5.52 Å². The number of hydrogen-bond acceptors (Lipinski definition) is 4. The molecule has 0 spiro atoms. The van der Waals surface area contributed by atoms with Gasteiger partial charge in [0.2, 0.25) is 0 Å². The molecule has 1 atom stereocenters. The summed E-state index contributed by atoms with van der Waals surface area (Å²) in [5.74, 6) is 0.0481. The Morgan fingerprint density at radius 1 is 1.07 bits per heavy atom. The average Bonchev–Trinajstić information content (AvgIpc) is 3.36. The molecule has 5 rings (SSSR count). The van der Waals surface area contributed by atoms with Crippen molar-refractivity contribution >= 4 is 27.8 Å². The molecule has 0 saturated carbocycles. The van der Waals surface area contributed by atoms with Gasteiger partial charge < -0.3 is 10.3 Å². The van der Waals surface area contributed by atoms with Crippen LogP contribution in [0.3, 0.4) is 0 Å². The summed E-state index contributed by atoms with van der Waals surface area (Å²) in [6.45, 7) is 4.00. The number of aryl methyl sites for hydroxylation is 1. The third kappa shape index (κ3) is 3.20. The Labute approximate surface area is 172 Å². The number of amides is 1. The zero-order valence-corrected chi connectivity index (χ0v) is 16.6. The van der Waals surface area contributed by atoms with Crippen molar-refractivity contribution in [3.63, 3.8) is 0 Å². The van der Waals surface area contributed by atoms with Gasteiger partial charge in [0.05, 0.1) is 22.6 Å². The smallest absolute Gasteiger partial charge is 0.287 e. The van der Waals surface area contributed by atoms with Crippen LogP contribution in [0, 0.1) is 6.92 Å².